The van der Waals surface area contributed by atoms with Crippen molar-refractivity contribution < 1.29 is 13.9 Å². The summed E-state index contributed by atoms with van der Waals surface area (Å²) in [5.41, 5.74) is 0.540. The molecule has 1 aromatic rings. The fourth-order valence-electron chi connectivity index (χ4n) is 2.04. The van der Waals surface area contributed by atoms with Gasteiger partial charge in [-0.2, -0.15) is 0 Å². The zero-order chi connectivity index (χ0) is 13.1. The predicted octanol–water partition coefficient (Wildman–Crippen LogP) is 1.15. The van der Waals surface area contributed by atoms with E-state index in [1.165, 1.54) is 13.2 Å². The minimum atomic E-state index is -0.319. The van der Waals surface area contributed by atoms with Crippen molar-refractivity contribution in [2.45, 2.75) is 19.0 Å². The highest BCUT2D eigenvalue weighted by atomic mass is 19.1. The lowest BCUT2D eigenvalue weighted by atomic mass is 10.1. The molecule has 18 heavy (non-hydrogen) atoms. The van der Waals surface area contributed by atoms with Crippen LogP contribution in [-0.4, -0.2) is 37.6 Å². The van der Waals surface area contributed by atoms with Crippen LogP contribution in [0, 0.1) is 5.82 Å². The Morgan fingerprint density at radius 3 is 2.89 bits per heavy atom. The molecule has 0 spiro atoms. The van der Waals surface area contributed by atoms with E-state index in [9.17, 15) is 9.18 Å². The van der Waals surface area contributed by atoms with Gasteiger partial charge in [0.25, 0.3) is 0 Å². The van der Waals surface area contributed by atoms with Gasteiger partial charge in [0, 0.05) is 31.8 Å². The van der Waals surface area contributed by atoms with E-state index in [4.69, 9.17) is 4.74 Å². The van der Waals surface area contributed by atoms with E-state index >= 15 is 0 Å². The number of nitrogens with one attached hydrogen (secondary N) is 1. The Bertz CT molecular complexity index is 451. The smallest absolute Gasteiger partial charge is 0.239 e. The van der Waals surface area contributed by atoms with E-state index in [0.29, 0.717) is 17.9 Å². The number of benzene rings is 1. The van der Waals surface area contributed by atoms with Crippen LogP contribution in [0.1, 0.15) is 12.0 Å². The van der Waals surface area contributed by atoms with Crippen molar-refractivity contribution in [3.63, 3.8) is 0 Å². The second-order valence-corrected chi connectivity index (χ2v) is 4.44. The number of amides is 1. The zero-order valence-corrected chi connectivity index (χ0v) is 10.6. The van der Waals surface area contributed by atoms with Crippen LogP contribution in [-0.2, 0) is 11.3 Å². The van der Waals surface area contributed by atoms with Crippen LogP contribution in [0.3, 0.4) is 0 Å². The molecular weight excluding hydrogens is 235 g/mol. The third-order valence-corrected chi connectivity index (χ3v) is 3.23. The molecule has 4 nitrogen and oxygen atoms in total. The number of hydrogen-bond acceptors (Lipinski definition) is 3. The molecule has 1 saturated heterocycles. The Hall–Kier alpha value is -1.62. The van der Waals surface area contributed by atoms with Crippen LogP contribution in [0.5, 0.6) is 5.75 Å². The molecule has 0 radical (unpaired) electrons. The summed E-state index contributed by atoms with van der Waals surface area (Å²) in [6.07, 6.45) is 0.771. The predicted molar refractivity (Wildman–Crippen MR) is 65.8 cm³/mol. The Labute approximate surface area is 106 Å². The largest absolute Gasteiger partial charge is 0.497 e. The maximum atomic E-state index is 13.7. The molecule has 2 rings (SSSR count). The molecule has 1 fully saturated rings. The molecule has 5 heteroatoms. The van der Waals surface area contributed by atoms with E-state index in [2.05, 4.69) is 5.32 Å². The monoisotopic (exact) mass is 252 g/mol. The Balaban J connectivity index is 1.96. The van der Waals surface area contributed by atoms with Gasteiger partial charge in [0.2, 0.25) is 5.91 Å². The number of ether oxygens (including phenoxy) is 1. The van der Waals surface area contributed by atoms with Crippen LogP contribution in [0.15, 0.2) is 18.2 Å². The van der Waals surface area contributed by atoms with Crippen molar-refractivity contribution >= 4 is 5.91 Å². The third kappa shape index (κ3) is 2.61. The molecule has 1 unspecified atom stereocenters. The van der Waals surface area contributed by atoms with Gasteiger partial charge in [-0.3, -0.25) is 4.79 Å². The van der Waals surface area contributed by atoms with Crippen LogP contribution >= 0.6 is 0 Å². The van der Waals surface area contributed by atoms with Gasteiger partial charge in [-0.1, -0.05) is 6.07 Å². The number of hydrogen-bond donors (Lipinski definition) is 1. The summed E-state index contributed by atoms with van der Waals surface area (Å²) in [5, 5.41) is 3.08. The summed E-state index contributed by atoms with van der Waals surface area (Å²) in [5.74, 6) is 0.248. The van der Waals surface area contributed by atoms with Crippen molar-refractivity contribution in [2.24, 2.45) is 0 Å². The zero-order valence-electron chi connectivity index (χ0n) is 10.6. The number of likely N-dealkylation sites (N-methyl/N-ethyl adjacent to an activating group) is 1. The van der Waals surface area contributed by atoms with Crippen LogP contribution in [0.4, 0.5) is 4.39 Å². The van der Waals surface area contributed by atoms with Crippen molar-refractivity contribution in [1.29, 1.82) is 0 Å². The van der Waals surface area contributed by atoms with Gasteiger partial charge in [-0.25, -0.2) is 4.39 Å². The van der Waals surface area contributed by atoms with Gasteiger partial charge in [0.15, 0.2) is 0 Å². The van der Waals surface area contributed by atoms with Gasteiger partial charge in [-0.05, 0) is 12.5 Å². The van der Waals surface area contributed by atoms with Gasteiger partial charge in [-0.15, -0.1) is 0 Å². The molecule has 1 aliphatic heterocycles. The number of rotatable bonds is 4. The Kier molecular flexibility index (Phi) is 3.81. The lowest BCUT2D eigenvalue weighted by Crippen LogP contribution is -2.36. The van der Waals surface area contributed by atoms with Crippen molar-refractivity contribution in [1.82, 2.24) is 10.2 Å². The van der Waals surface area contributed by atoms with E-state index in [1.807, 2.05) is 0 Å². The van der Waals surface area contributed by atoms with E-state index < -0.39 is 0 Å². The summed E-state index contributed by atoms with van der Waals surface area (Å²) in [4.78, 5) is 13.3. The Morgan fingerprint density at radius 1 is 1.56 bits per heavy atom. The molecule has 0 aliphatic carbocycles. The molecule has 1 heterocycles. The van der Waals surface area contributed by atoms with E-state index in [-0.39, 0.29) is 17.8 Å². The first-order valence-electron chi connectivity index (χ1n) is 5.92. The van der Waals surface area contributed by atoms with Crippen molar-refractivity contribution in [2.75, 3.05) is 20.7 Å². The molecule has 1 aliphatic rings. The first kappa shape index (κ1) is 12.8. The maximum Gasteiger partial charge on any atom is 0.239 e. The third-order valence-electron chi connectivity index (χ3n) is 3.23. The summed E-state index contributed by atoms with van der Waals surface area (Å²) < 4.78 is 18.6. The van der Waals surface area contributed by atoms with Crippen LogP contribution < -0.4 is 10.1 Å². The average Bonchev–Trinajstić information content (AvgIpc) is 2.68. The van der Waals surface area contributed by atoms with Crippen LogP contribution in [0.25, 0.3) is 0 Å². The molecule has 0 bridgehead atoms. The minimum absolute atomic E-state index is 0.0731. The number of nitrogens with zero attached hydrogens (tertiary/aromatic N) is 1. The topological polar surface area (TPSA) is 41.6 Å². The van der Waals surface area contributed by atoms with E-state index in [1.54, 1.807) is 24.1 Å². The van der Waals surface area contributed by atoms with E-state index in [0.717, 1.165) is 13.0 Å². The summed E-state index contributed by atoms with van der Waals surface area (Å²) in [6, 6.07) is 4.53. The number of carbonyl (C=O) groups excluding carboxylic acids is 1. The number of carbonyl (C=O) groups is 1. The summed E-state index contributed by atoms with van der Waals surface area (Å²) in [6.45, 7) is 1.10. The first-order chi connectivity index (χ1) is 8.61. The summed E-state index contributed by atoms with van der Waals surface area (Å²) >= 11 is 0. The molecule has 1 aromatic carbocycles. The van der Waals surface area contributed by atoms with Gasteiger partial charge in [0.1, 0.15) is 11.6 Å². The molecule has 1 amide bonds. The fourth-order valence-corrected chi connectivity index (χ4v) is 2.04. The molecular formula is C13H17FN2O2. The van der Waals surface area contributed by atoms with Gasteiger partial charge < -0.3 is 15.0 Å². The van der Waals surface area contributed by atoms with Crippen molar-refractivity contribution in [3.05, 3.63) is 29.6 Å². The molecule has 1 N–H and O–H groups in total. The standard InChI is InChI=1S/C13H17FN2O2/c1-16-6-5-12(13(16)17)15-8-9-3-4-10(18-2)7-11(9)14/h3-4,7,12,15H,5-6,8H2,1-2H3. The van der Waals surface area contributed by atoms with Crippen molar-refractivity contribution in [3.8, 4) is 5.75 Å². The molecule has 1 atom stereocenters. The molecule has 0 aromatic heterocycles. The van der Waals surface area contributed by atoms with Gasteiger partial charge >= 0.3 is 0 Å². The fraction of sp³-hybridized carbons (Fsp3) is 0.462. The maximum absolute atomic E-state index is 13.7. The number of methoxy groups -OCH3 is 1. The van der Waals surface area contributed by atoms with Gasteiger partial charge in [0.05, 0.1) is 13.2 Å². The average molecular weight is 252 g/mol. The quantitative estimate of drug-likeness (QED) is 0.874. The van der Waals surface area contributed by atoms with Crippen LogP contribution in [0.2, 0.25) is 0 Å². The number of halogens is 1. The SMILES string of the molecule is COc1ccc(CNC2CCN(C)C2=O)c(F)c1. The first-order valence-corrected chi connectivity index (χ1v) is 5.92. The highest BCUT2D eigenvalue weighted by Crippen LogP contribution is 2.17. The second-order valence-electron chi connectivity index (χ2n) is 4.44. The minimum Gasteiger partial charge on any atom is -0.497 e. The summed E-state index contributed by atoms with van der Waals surface area (Å²) in [7, 11) is 3.28. The lowest BCUT2D eigenvalue weighted by Gasteiger charge is -2.13. The highest BCUT2D eigenvalue weighted by Gasteiger charge is 2.28. The lowest BCUT2D eigenvalue weighted by molar-refractivity contribution is -0.128. The normalized spacial score (nSPS) is 19.4. The number of likely N-dealkylation sites (tertiary alicyclic amines) is 1. The highest BCUT2D eigenvalue weighted by molar-refractivity contribution is 5.83. The molecule has 98 valence electrons. The molecule has 0 saturated carbocycles. The second kappa shape index (κ2) is 5.35. The Morgan fingerprint density at radius 2 is 2.33 bits per heavy atom.